The van der Waals surface area contributed by atoms with Crippen LogP contribution in [0.3, 0.4) is 0 Å². The van der Waals surface area contributed by atoms with Crippen LogP contribution in [0.25, 0.3) is 0 Å². The molecule has 5 heteroatoms. The molecule has 2 amide bonds. The molecule has 1 atom stereocenters. The molecule has 1 aliphatic heterocycles. The summed E-state index contributed by atoms with van der Waals surface area (Å²) in [6.07, 6.45) is 3.44. The third kappa shape index (κ3) is 4.74. The van der Waals surface area contributed by atoms with E-state index in [4.69, 9.17) is 9.47 Å². The van der Waals surface area contributed by atoms with Crippen molar-refractivity contribution in [3.8, 4) is 5.75 Å². The molecular weight excluding hydrogens is 256 g/mol. The van der Waals surface area contributed by atoms with Crippen molar-refractivity contribution < 1.29 is 14.3 Å². The minimum atomic E-state index is -0.140. The van der Waals surface area contributed by atoms with E-state index >= 15 is 0 Å². The predicted octanol–water partition coefficient (Wildman–Crippen LogP) is 2.06. The topological polar surface area (TPSA) is 59.6 Å². The minimum absolute atomic E-state index is 0.140. The number of nitrogens with one attached hydrogen (secondary N) is 2. The van der Waals surface area contributed by atoms with Gasteiger partial charge >= 0.3 is 6.03 Å². The van der Waals surface area contributed by atoms with E-state index in [1.807, 2.05) is 24.3 Å². The second kappa shape index (κ2) is 7.75. The molecule has 20 heavy (non-hydrogen) atoms. The Morgan fingerprint density at radius 1 is 1.35 bits per heavy atom. The number of ether oxygens (including phenoxy) is 2. The van der Waals surface area contributed by atoms with Gasteiger partial charge in [0.05, 0.1) is 13.2 Å². The molecule has 2 N–H and O–H groups in total. The van der Waals surface area contributed by atoms with Crippen molar-refractivity contribution in [2.45, 2.75) is 31.9 Å². The van der Waals surface area contributed by atoms with Crippen molar-refractivity contribution in [2.24, 2.45) is 0 Å². The summed E-state index contributed by atoms with van der Waals surface area (Å²) in [4.78, 5) is 11.6. The van der Waals surface area contributed by atoms with Gasteiger partial charge < -0.3 is 20.1 Å². The molecule has 1 fully saturated rings. The molecule has 1 aromatic rings. The van der Waals surface area contributed by atoms with Crippen LogP contribution in [0.2, 0.25) is 0 Å². The summed E-state index contributed by atoms with van der Waals surface area (Å²) in [5.41, 5.74) is 1.04. The monoisotopic (exact) mass is 278 g/mol. The van der Waals surface area contributed by atoms with Crippen LogP contribution in [0.15, 0.2) is 24.3 Å². The van der Waals surface area contributed by atoms with E-state index in [2.05, 4.69) is 10.6 Å². The van der Waals surface area contributed by atoms with E-state index in [1.165, 1.54) is 0 Å². The van der Waals surface area contributed by atoms with Gasteiger partial charge in [-0.3, -0.25) is 0 Å². The Morgan fingerprint density at radius 3 is 2.80 bits per heavy atom. The third-order valence-electron chi connectivity index (χ3n) is 3.39. The van der Waals surface area contributed by atoms with Gasteiger partial charge in [-0.2, -0.15) is 0 Å². The summed E-state index contributed by atoms with van der Waals surface area (Å²) in [7, 11) is 1.63. The number of hydrogen-bond donors (Lipinski definition) is 2. The molecule has 5 nitrogen and oxygen atoms in total. The van der Waals surface area contributed by atoms with Gasteiger partial charge in [0.2, 0.25) is 0 Å². The van der Waals surface area contributed by atoms with Crippen molar-refractivity contribution in [1.82, 2.24) is 10.6 Å². The maximum Gasteiger partial charge on any atom is 0.315 e. The zero-order valence-corrected chi connectivity index (χ0v) is 11.9. The van der Waals surface area contributed by atoms with Crippen molar-refractivity contribution in [1.29, 1.82) is 0 Å². The highest BCUT2D eigenvalue weighted by molar-refractivity contribution is 5.73. The van der Waals surface area contributed by atoms with Crippen LogP contribution in [0.5, 0.6) is 5.75 Å². The molecule has 1 aromatic carbocycles. The fourth-order valence-electron chi connectivity index (χ4n) is 2.21. The predicted molar refractivity (Wildman–Crippen MR) is 76.8 cm³/mol. The van der Waals surface area contributed by atoms with Gasteiger partial charge in [0.25, 0.3) is 0 Å². The first-order valence-corrected chi connectivity index (χ1v) is 7.04. The largest absolute Gasteiger partial charge is 0.497 e. The summed E-state index contributed by atoms with van der Waals surface area (Å²) in [6, 6.07) is 7.49. The quantitative estimate of drug-likeness (QED) is 0.837. The number of rotatable bonds is 6. The fraction of sp³-hybridized carbons (Fsp3) is 0.533. The van der Waals surface area contributed by atoms with Gasteiger partial charge in [0, 0.05) is 19.7 Å². The average molecular weight is 278 g/mol. The molecule has 0 radical (unpaired) electrons. The molecule has 110 valence electrons. The van der Waals surface area contributed by atoms with Crippen LogP contribution in [0, 0.1) is 0 Å². The van der Waals surface area contributed by atoms with Gasteiger partial charge in [-0.1, -0.05) is 12.1 Å². The molecule has 0 saturated carbocycles. The SMILES string of the molecule is COc1ccc(CNC(=O)NCC[C@@H]2CCCO2)cc1. The van der Waals surface area contributed by atoms with Crippen LogP contribution in [-0.4, -0.2) is 32.4 Å². The van der Waals surface area contributed by atoms with Crippen molar-refractivity contribution in [2.75, 3.05) is 20.3 Å². The van der Waals surface area contributed by atoms with Crippen LogP contribution in [0.1, 0.15) is 24.8 Å². The van der Waals surface area contributed by atoms with Gasteiger partial charge in [-0.25, -0.2) is 4.79 Å². The standard InChI is InChI=1S/C15H22N2O3/c1-19-13-6-4-12(5-7-13)11-17-15(18)16-9-8-14-3-2-10-20-14/h4-7,14H,2-3,8-11H2,1H3,(H2,16,17,18)/t14-/m0/s1. The number of amides is 2. The lowest BCUT2D eigenvalue weighted by molar-refractivity contribution is 0.104. The Hall–Kier alpha value is -1.75. The summed E-state index contributed by atoms with van der Waals surface area (Å²) in [5, 5.41) is 5.68. The van der Waals surface area contributed by atoms with Crippen LogP contribution in [0.4, 0.5) is 4.79 Å². The Morgan fingerprint density at radius 2 is 2.15 bits per heavy atom. The molecule has 2 rings (SSSR count). The smallest absolute Gasteiger partial charge is 0.315 e. The second-order valence-corrected chi connectivity index (χ2v) is 4.88. The summed E-state index contributed by atoms with van der Waals surface area (Å²) < 4.78 is 10.6. The lowest BCUT2D eigenvalue weighted by Crippen LogP contribution is -2.36. The van der Waals surface area contributed by atoms with Gasteiger partial charge in [-0.05, 0) is 37.0 Å². The molecule has 0 aromatic heterocycles. The Balaban J connectivity index is 1.61. The van der Waals surface area contributed by atoms with Crippen LogP contribution in [-0.2, 0) is 11.3 Å². The summed E-state index contributed by atoms with van der Waals surface area (Å²) in [5.74, 6) is 0.815. The van der Waals surface area contributed by atoms with E-state index in [0.29, 0.717) is 19.2 Å². The number of carbonyl (C=O) groups is 1. The highest BCUT2D eigenvalue weighted by Gasteiger charge is 2.14. The first-order valence-electron chi connectivity index (χ1n) is 7.04. The zero-order valence-electron chi connectivity index (χ0n) is 11.9. The Kier molecular flexibility index (Phi) is 5.68. The van der Waals surface area contributed by atoms with Crippen molar-refractivity contribution in [3.05, 3.63) is 29.8 Å². The van der Waals surface area contributed by atoms with Crippen molar-refractivity contribution >= 4 is 6.03 Å². The molecule has 0 unspecified atom stereocenters. The van der Waals surface area contributed by atoms with E-state index in [0.717, 1.165) is 37.2 Å². The van der Waals surface area contributed by atoms with Crippen molar-refractivity contribution in [3.63, 3.8) is 0 Å². The normalized spacial score (nSPS) is 17.8. The first kappa shape index (κ1) is 14.7. The van der Waals surface area contributed by atoms with E-state index in [-0.39, 0.29) is 6.03 Å². The summed E-state index contributed by atoms with van der Waals surface area (Å²) >= 11 is 0. The molecule has 0 bridgehead atoms. The highest BCUT2D eigenvalue weighted by atomic mass is 16.5. The lowest BCUT2D eigenvalue weighted by atomic mass is 10.2. The van der Waals surface area contributed by atoms with Crippen LogP contribution >= 0.6 is 0 Å². The Bertz CT molecular complexity index is 414. The van der Waals surface area contributed by atoms with E-state index in [1.54, 1.807) is 7.11 Å². The molecule has 1 aliphatic rings. The minimum Gasteiger partial charge on any atom is -0.497 e. The average Bonchev–Trinajstić information content (AvgIpc) is 2.99. The lowest BCUT2D eigenvalue weighted by Gasteiger charge is -2.11. The molecular formula is C15H22N2O3. The van der Waals surface area contributed by atoms with Gasteiger partial charge in [0.15, 0.2) is 0 Å². The third-order valence-corrected chi connectivity index (χ3v) is 3.39. The van der Waals surface area contributed by atoms with Gasteiger partial charge in [-0.15, -0.1) is 0 Å². The van der Waals surface area contributed by atoms with Crippen LogP contribution < -0.4 is 15.4 Å². The number of hydrogen-bond acceptors (Lipinski definition) is 3. The molecule has 0 aliphatic carbocycles. The fourth-order valence-corrected chi connectivity index (χ4v) is 2.21. The zero-order chi connectivity index (χ0) is 14.2. The molecule has 1 heterocycles. The molecule has 0 spiro atoms. The summed E-state index contributed by atoms with van der Waals surface area (Å²) in [6.45, 7) is 2.02. The van der Waals surface area contributed by atoms with E-state index < -0.39 is 0 Å². The Labute approximate surface area is 119 Å². The molecule has 1 saturated heterocycles. The first-order chi connectivity index (χ1) is 9.78. The maximum atomic E-state index is 11.6. The number of benzene rings is 1. The number of methoxy groups -OCH3 is 1. The van der Waals surface area contributed by atoms with Gasteiger partial charge in [0.1, 0.15) is 5.75 Å². The maximum absolute atomic E-state index is 11.6. The number of carbonyl (C=O) groups excluding carboxylic acids is 1. The second-order valence-electron chi connectivity index (χ2n) is 4.88. The van der Waals surface area contributed by atoms with E-state index in [9.17, 15) is 4.79 Å². The number of urea groups is 1. The highest BCUT2D eigenvalue weighted by Crippen LogP contribution is 2.14.